The van der Waals surface area contributed by atoms with Crippen molar-refractivity contribution in [3.63, 3.8) is 0 Å². The largest absolute Gasteiger partial charge is 0.485 e. The first-order valence-electron chi connectivity index (χ1n) is 7.83. The molecule has 0 spiro atoms. The van der Waals surface area contributed by atoms with Crippen molar-refractivity contribution in [2.24, 2.45) is 0 Å². The van der Waals surface area contributed by atoms with Gasteiger partial charge in [-0.1, -0.05) is 12.1 Å². The van der Waals surface area contributed by atoms with Crippen LogP contribution in [0.5, 0.6) is 5.75 Å². The van der Waals surface area contributed by atoms with Crippen molar-refractivity contribution in [2.45, 2.75) is 18.9 Å². The number of nitrogens with zero attached hydrogens (tertiary/aromatic N) is 1. The van der Waals surface area contributed by atoms with Crippen LogP contribution < -0.4 is 4.74 Å². The quantitative estimate of drug-likeness (QED) is 0.571. The fraction of sp³-hybridized carbons (Fsp3) is 0.150. The second kappa shape index (κ2) is 5.82. The maximum absolute atomic E-state index is 14.0. The highest BCUT2D eigenvalue weighted by Crippen LogP contribution is 2.39. The van der Waals surface area contributed by atoms with Gasteiger partial charge in [-0.05, 0) is 47.9 Å². The highest BCUT2D eigenvalue weighted by atomic mass is 19.2. The van der Waals surface area contributed by atoms with Gasteiger partial charge < -0.3 is 4.74 Å². The SMILES string of the molecule is N#Cc1ccc2c3c(ccc2c1)O[C@H](c1cc(F)c(F)cc1F)CC3. The predicted octanol–water partition coefficient (Wildman–Crippen LogP) is 5.20. The Kier molecular flexibility index (Phi) is 3.61. The molecule has 5 heteroatoms. The minimum absolute atomic E-state index is 0.0180. The molecule has 0 saturated heterocycles. The Balaban J connectivity index is 1.74. The van der Waals surface area contributed by atoms with Crippen LogP contribution in [0.3, 0.4) is 0 Å². The Morgan fingerprint density at radius 1 is 0.960 bits per heavy atom. The van der Waals surface area contributed by atoms with E-state index in [1.165, 1.54) is 0 Å². The smallest absolute Gasteiger partial charge is 0.161 e. The summed E-state index contributed by atoms with van der Waals surface area (Å²) >= 11 is 0. The summed E-state index contributed by atoms with van der Waals surface area (Å²) in [5.41, 5.74) is 1.57. The summed E-state index contributed by atoms with van der Waals surface area (Å²) in [7, 11) is 0. The third-order valence-electron chi connectivity index (χ3n) is 4.53. The Morgan fingerprint density at radius 3 is 2.56 bits per heavy atom. The van der Waals surface area contributed by atoms with E-state index in [-0.39, 0.29) is 5.56 Å². The number of ether oxygens (including phenoxy) is 1. The highest BCUT2D eigenvalue weighted by Gasteiger charge is 2.26. The van der Waals surface area contributed by atoms with E-state index in [0.717, 1.165) is 22.4 Å². The van der Waals surface area contributed by atoms with Crippen LogP contribution in [0.1, 0.15) is 29.2 Å². The molecule has 1 aliphatic heterocycles. The maximum atomic E-state index is 14.0. The topological polar surface area (TPSA) is 33.0 Å². The molecule has 0 N–H and O–H groups in total. The van der Waals surface area contributed by atoms with E-state index in [1.54, 1.807) is 18.2 Å². The minimum atomic E-state index is -1.21. The lowest BCUT2D eigenvalue weighted by Crippen LogP contribution is -2.17. The standard InChI is InChI=1S/C20H12F3NO/c21-16-9-18(23)17(22)8-15(16)20-6-4-14-13-3-1-11(10-24)7-12(13)2-5-19(14)25-20/h1-3,5,7-9,20H,4,6H2/t20-/m0/s1. The average Bonchev–Trinajstić information content (AvgIpc) is 2.63. The molecule has 0 fully saturated rings. The Morgan fingerprint density at radius 2 is 1.76 bits per heavy atom. The molecular weight excluding hydrogens is 327 g/mol. The number of hydrogen-bond acceptors (Lipinski definition) is 2. The predicted molar refractivity (Wildman–Crippen MR) is 86.7 cm³/mol. The van der Waals surface area contributed by atoms with Crippen molar-refractivity contribution < 1.29 is 17.9 Å². The van der Waals surface area contributed by atoms with Crippen molar-refractivity contribution in [1.82, 2.24) is 0 Å². The van der Waals surface area contributed by atoms with Crippen LogP contribution >= 0.6 is 0 Å². The van der Waals surface area contributed by atoms with Crippen LogP contribution in [-0.4, -0.2) is 0 Å². The first-order chi connectivity index (χ1) is 12.1. The number of nitriles is 1. The number of hydrogen-bond donors (Lipinski definition) is 0. The number of benzene rings is 3. The van der Waals surface area contributed by atoms with Gasteiger partial charge in [0.05, 0.1) is 11.6 Å². The molecule has 0 amide bonds. The number of fused-ring (bicyclic) bond motifs is 3. The van der Waals surface area contributed by atoms with Crippen molar-refractivity contribution in [1.29, 1.82) is 5.26 Å². The van der Waals surface area contributed by atoms with Gasteiger partial charge in [-0.25, -0.2) is 13.2 Å². The van der Waals surface area contributed by atoms with E-state index < -0.39 is 23.6 Å². The third-order valence-corrected chi connectivity index (χ3v) is 4.53. The van der Waals surface area contributed by atoms with Gasteiger partial charge in [0.1, 0.15) is 17.7 Å². The molecule has 1 aliphatic rings. The molecular formula is C20H12F3NO. The van der Waals surface area contributed by atoms with Crippen LogP contribution in [0.15, 0.2) is 42.5 Å². The highest BCUT2D eigenvalue weighted by molar-refractivity contribution is 5.89. The van der Waals surface area contributed by atoms with Gasteiger partial charge in [-0.3, -0.25) is 0 Å². The van der Waals surface area contributed by atoms with E-state index in [0.29, 0.717) is 30.2 Å². The van der Waals surface area contributed by atoms with Crippen molar-refractivity contribution in [2.75, 3.05) is 0 Å². The molecule has 0 radical (unpaired) electrons. The monoisotopic (exact) mass is 339 g/mol. The van der Waals surface area contributed by atoms with Gasteiger partial charge in [0.2, 0.25) is 0 Å². The van der Waals surface area contributed by atoms with Gasteiger partial charge in [0.25, 0.3) is 0 Å². The molecule has 124 valence electrons. The lowest BCUT2D eigenvalue weighted by atomic mass is 9.92. The summed E-state index contributed by atoms with van der Waals surface area (Å²) in [6.45, 7) is 0. The summed E-state index contributed by atoms with van der Waals surface area (Å²) in [5.74, 6) is -2.52. The van der Waals surface area contributed by atoms with Crippen LogP contribution in [0, 0.1) is 28.8 Å². The zero-order valence-corrected chi connectivity index (χ0v) is 13.0. The third kappa shape index (κ3) is 2.60. The fourth-order valence-corrected chi connectivity index (χ4v) is 3.30. The normalized spacial score (nSPS) is 16.2. The van der Waals surface area contributed by atoms with E-state index in [9.17, 15) is 13.2 Å². The van der Waals surface area contributed by atoms with E-state index in [1.807, 2.05) is 12.1 Å². The van der Waals surface area contributed by atoms with Gasteiger partial charge >= 0.3 is 0 Å². The summed E-state index contributed by atoms with van der Waals surface area (Å²) < 4.78 is 46.5. The van der Waals surface area contributed by atoms with Crippen molar-refractivity contribution in [3.8, 4) is 11.8 Å². The average molecular weight is 339 g/mol. The first-order valence-corrected chi connectivity index (χ1v) is 7.83. The lowest BCUT2D eigenvalue weighted by molar-refractivity contribution is 0.172. The Hall–Kier alpha value is -3.00. The molecule has 0 saturated carbocycles. The maximum Gasteiger partial charge on any atom is 0.161 e. The van der Waals surface area contributed by atoms with Crippen molar-refractivity contribution in [3.05, 3.63) is 76.6 Å². The first kappa shape index (κ1) is 15.5. The Bertz CT molecular complexity index is 1040. The molecule has 2 nitrogen and oxygen atoms in total. The molecule has 1 atom stereocenters. The Labute approximate surface area is 142 Å². The van der Waals surface area contributed by atoms with Crippen LogP contribution in [0.25, 0.3) is 10.8 Å². The molecule has 0 unspecified atom stereocenters. The summed E-state index contributed by atoms with van der Waals surface area (Å²) in [5, 5.41) is 10.9. The zero-order chi connectivity index (χ0) is 17.6. The fourth-order valence-electron chi connectivity index (χ4n) is 3.30. The van der Waals surface area contributed by atoms with Crippen LogP contribution in [0.4, 0.5) is 13.2 Å². The summed E-state index contributed by atoms with van der Waals surface area (Å²) in [6, 6.07) is 12.5. The number of aryl methyl sites for hydroxylation is 1. The summed E-state index contributed by atoms with van der Waals surface area (Å²) in [4.78, 5) is 0. The molecule has 1 heterocycles. The van der Waals surface area contributed by atoms with Crippen LogP contribution in [0.2, 0.25) is 0 Å². The zero-order valence-electron chi connectivity index (χ0n) is 13.0. The van der Waals surface area contributed by atoms with Crippen molar-refractivity contribution >= 4 is 10.8 Å². The second-order valence-electron chi connectivity index (χ2n) is 6.02. The molecule has 4 rings (SSSR count). The molecule has 3 aromatic rings. The van der Waals surface area contributed by atoms with E-state index in [4.69, 9.17) is 10.00 Å². The lowest BCUT2D eigenvalue weighted by Gasteiger charge is -2.27. The molecule has 0 bridgehead atoms. The van der Waals surface area contributed by atoms with E-state index in [2.05, 4.69) is 6.07 Å². The van der Waals surface area contributed by atoms with Gasteiger partial charge in [-0.15, -0.1) is 0 Å². The molecule has 0 aromatic heterocycles. The summed E-state index contributed by atoms with van der Waals surface area (Å²) in [6.07, 6.45) is 0.397. The van der Waals surface area contributed by atoms with Gasteiger partial charge in [0.15, 0.2) is 11.6 Å². The van der Waals surface area contributed by atoms with Crippen LogP contribution in [-0.2, 0) is 6.42 Å². The van der Waals surface area contributed by atoms with E-state index >= 15 is 0 Å². The van der Waals surface area contributed by atoms with Gasteiger partial charge in [-0.2, -0.15) is 5.26 Å². The second-order valence-corrected chi connectivity index (χ2v) is 6.02. The van der Waals surface area contributed by atoms with Gasteiger partial charge in [0, 0.05) is 17.2 Å². The molecule has 0 aliphatic carbocycles. The molecule has 25 heavy (non-hydrogen) atoms. The number of halogens is 3. The molecule has 3 aromatic carbocycles. The minimum Gasteiger partial charge on any atom is -0.485 e. The number of rotatable bonds is 1.